The van der Waals surface area contributed by atoms with Crippen LogP contribution in [-0.4, -0.2) is 76.5 Å². The van der Waals surface area contributed by atoms with Gasteiger partial charge in [0, 0.05) is 29.3 Å². The first kappa shape index (κ1) is 34.2. The zero-order valence-electron chi connectivity index (χ0n) is 28.1. The molecule has 3 amide bonds. The van der Waals surface area contributed by atoms with E-state index >= 15 is 0 Å². The van der Waals surface area contributed by atoms with E-state index in [0.717, 1.165) is 34.9 Å². The Hall–Kier alpha value is -4.30. The molecular weight excluding hydrogens is 677 g/mol. The minimum Gasteiger partial charge on any atom is -0.472 e. The Kier molecular flexibility index (Phi) is 9.18. The number of sulfonamides is 1. The Morgan fingerprint density at radius 2 is 2.10 bits per heavy atom. The monoisotopic (exact) mass is 718 g/mol. The van der Waals surface area contributed by atoms with E-state index in [0.29, 0.717) is 30.3 Å². The number of ether oxygens (including phenoxy) is 1. The quantitative estimate of drug-likeness (QED) is 0.290. The molecule has 12 nitrogen and oxygen atoms in total. The zero-order valence-corrected chi connectivity index (χ0v) is 29.8. The second kappa shape index (κ2) is 13.4. The highest BCUT2D eigenvalue weighted by Crippen LogP contribution is 2.45. The number of nitrogens with zero attached hydrogens (tertiary/aromatic N) is 3. The van der Waals surface area contributed by atoms with Gasteiger partial charge in [-0.05, 0) is 61.1 Å². The summed E-state index contributed by atoms with van der Waals surface area (Å²) in [5.41, 5.74) is 0.430. The fraction of sp³-hybridized carbons (Fsp3) is 0.472. The van der Waals surface area contributed by atoms with E-state index in [9.17, 15) is 22.8 Å². The van der Waals surface area contributed by atoms with Crippen LogP contribution in [0.2, 0.25) is 0 Å². The molecule has 4 aliphatic rings. The van der Waals surface area contributed by atoms with Crippen LogP contribution in [0.3, 0.4) is 0 Å². The summed E-state index contributed by atoms with van der Waals surface area (Å²) in [7, 11) is -3.85. The van der Waals surface area contributed by atoms with Gasteiger partial charge >= 0.3 is 0 Å². The van der Waals surface area contributed by atoms with Gasteiger partial charge < -0.3 is 20.3 Å². The van der Waals surface area contributed by atoms with Gasteiger partial charge in [-0.1, -0.05) is 50.6 Å². The summed E-state index contributed by atoms with van der Waals surface area (Å²) in [6.07, 6.45) is 10.3. The molecule has 2 aliphatic carbocycles. The molecule has 0 unspecified atom stereocenters. The maximum absolute atomic E-state index is 14.6. The van der Waals surface area contributed by atoms with Gasteiger partial charge in [0.25, 0.3) is 5.91 Å². The molecule has 0 radical (unpaired) electrons. The van der Waals surface area contributed by atoms with Crippen molar-refractivity contribution in [2.45, 2.75) is 87.8 Å². The smallest absolute Gasteiger partial charge is 0.259 e. The van der Waals surface area contributed by atoms with Crippen LogP contribution in [0.1, 0.15) is 63.6 Å². The molecule has 0 spiro atoms. The maximum atomic E-state index is 14.6. The van der Waals surface area contributed by atoms with Crippen LogP contribution in [-0.2, 0) is 30.8 Å². The lowest BCUT2D eigenvalue weighted by molar-refractivity contribution is -0.141. The minimum absolute atomic E-state index is 0.104. The summed E-state index contributed by atoms with van der Waals surface area (Å²) in [4.78, 5) is 53.2. The van der Waals surface area contributed by atoms with Crippen molar-refractivity contribution < 1.29 is 27.5 Å². The molecule has 3 N–H and O–H groups in total. The topological polar surface area (TPSA) is 160 Å². The molecule has 4 heterocycles. The number of pyridine rings is 1. The number of carbonyl (C=O) groups excluding carboxylic acids is 3. The van der Waals surface area contributed by atoms with Gasteiger partial charge in [-0.3, -0.25) is 19.1 Å². The van der Waals surface area contributed by atoms with E-state index in [-0.39, 0.29) is 31.2 Å². The van der Waals surface area contributed by atoms with Gasteiger partial charge in [0.05, 0.1) is 17.5 Å². The Morgan fingerprint density at radius 3 is 2.84 bits per heavy atom. The predicted molar refractivity (Wildman–Crippen MR) is 192 cm³/mol. The fourth-order valence-corrected chi connectivity index (χ4v) is 8.99. The van der Waals surface area contributed by atoms with Crippen molar-refractivity contribution in [2.24, 2.45) is 11.8 Å². The lowest BCUT2D eigenvalue weighted by Crippen LogP contribution is -2.58. The molecule has 3 fully saturated rings. The average molecular weight is 719 g/mol. The van der Waals surface area contributed by atoms with E-state index in [4.69, 9.17) is 9.72 Å². The number of aromatic nitrogens is 2. The Balaban J connectivity index is 1.23. The minimum atomic E-state index is -3.85. The second-order valence-corrected chi connectivity index (χ2v) is 16.7. The van der Waals surface area contributed by atoms with Gasteiger partial charge in [0.2, 0.25) is 27.7 Å². The molecule has 50 heavy (non-hydrogen) atoms. The summed E-state index contributed by atoms with van der Waals surface area (Å²) in [5, 5.41) is 10.0. The number of fused-ring (bicyclic) bond motifs is 5. The first-order chi connectivity index (χ1) is 24.0. The highest BCUT2D eigenvalue weighted by molar-refractivity contribution is 7.91. The van der Waals surface area contributed by atoms with Gasteiger partial charge in [0.15, 0.2) is 5.13 Å². The Labute approximate surface area is 295 Å². The Morgan fingerprint density at radius 1 is 1.28 bits per heavy atom. The summed E-state index contributed by atoms with van der Waals surface area (Å²) in [6.45, 7) is 7.89. The molecule has 2 saturated carbocycles. The molecule has 3 aromatic rings. The third-order valence-corrected chi connectivity index (χ3v) is 13.0. The van der Waals surface area contributed by atoms with Crippen molar-refractivity contribution in [1.82, 2.24) is 24.9 Å². The highest BCUT2D eigenvalue weighted by atomic mass is 32.2. The number of rotatable bonds is 8. The largest absolute Gasteiger partial charge is 0.472 e. The van der Waals surface area contributed by atoms with E-state index < -0.39 is 56.7 Å². The highest BCUT2D eigenvalue weighted by Gasteiger charge is 2.62. The first-order valence-electron chi connectivity index (χ1n) is 17.3. The average Bonchev–Trinajstić information content (AvgIpc) is 4.00. The Bertz CT molecular complexity index is 1980. The van der Waals surface area contributed by atoms with E-state index in [1.807, 2.05) is 43.5 Å². The van der Waals surface area contributed by atoms with Crippen molar-refractivity contribution in [3.8, 4) is 5.88 Å². The molecule has 2 aromatic heterocycles. The lowest BCUT2D eigenvalue weighted by Gasteiger charge is -2.32. The number of benzene rings is 1. The molecule has 1 saturated heterocycles. The van der Waals surface area contributed by atoms with E-state index in [1.165, 1.54) is 16.2 Å². The van der Waals surface area contributed by atoms with Gasteiger partial charge in [0.1, 0.15) is 23.7 Å². The van der Waals surface area contributed by atoms with Crippen LogP contribution in [0.5, 0.6) is 5.88 Å². The third-order valence-electron chi connectivity index (χ3n) is 10.3. The van der Waals surface area contributed by atoms with E-state index in [2.05, 4.69) is 39.1 Å². The third kappa shape index (κ3) is 6.74. The number of aryl methyl sites for hydroxylation is 1. The van der Waals surface area contributed by atoms with Crippen LogP contribution in [0.4, 0.5) is 5.13 Å². The molecule has 14 heteroatoms. The predicted octanol–water partition coefficient (Wildman–Crippen LogP) is 4.20. The van der Waals surface area contributed by atoms with Crippen molar-refractivity contribution in [1.29, 1.82) is 0 Å². The van der Waals surface area contributed by atoms with Crippen molar-refractivity contribution in [3.05, 3.63) is 65.8 Å². The molecule has 2 aliphatic heterocycles. The number of hydrogen-bond donors (Lipinski definition) is 3. The van der Waals surface area contributed by atoms with Crippen molar-refractivity contribution in [2.75, 3.05) is 11.9 Å². The van der Waals surface area contributed by atoms with Crippen LogP contribution in [0, 0.1) is 11.8 Å². The summed E-state index contributed by atoms with van der Waals surface area (Å²) >= 11 is 1.44. The van der Waals surface area contributed by atoms with Crippen LogP contribution in [0.25, 0.3) is 16.8 Å². The molecular formula is C36H42N6O6S2. The van der Waals surface area contributed by atoms with Crippen LogP contribution >= 0.6 is 11.3 Å². The standard InChI is InChI=1S/C36H42N6O6S2/c1-4-21(3)30-33(44)42-19-26(17-29(42)31(43)40-36(18-24(36)5-2)34(45)41-50(46,47)27-12-13-27)48-32-28-16-22(10-11-23(28)14-15-37-32)8-6-7-9-25-20-49-35(38-25)39-30/h5-6,8,10-11,14-16,20-21,24,26-27,29-30H,2,4,7,9,12-13,17-19H2,1,3H3,(H,38,39)(H,40,43)(H,41,45)/b8-6+/t21-,24+,26+,29-,30-,36+/m0/s1. The number of carbonyl (C=O) groups is 3. The molecule has 7 rings (SSSR count). The zero-order chi connectivity index (χ0) is 35.2. The first-order valence-corrected chi connectivity index (χ1v) is 19.7. The van der Waals surface area contributed by atoms with Gasteiger partial charge in [-0.15, -0.1) is 17.9 Å². The number of hydrogen-bond acceptors (Lipinski definition) is 10. The molecule has 6 atom stereocenters. The number of anilines is 1. The maximum Gasteiger partial charge on any atom is 0.259 e. The summed E-state index contributed by atoms with van der Waals surface area (Å²) in [5.74, 6) is -1.80. The van der Waals surface area contributed by atoms with Gasteiger partial charge in [-0.2, -0.15) is 0 Å². The number of thiazole rings is 1. The van der Waals surface area contributed by atoms with Gasteiger partial charge in [-0.25, -0.2) is 18.4 Å². The SMILES string of the molecule is C=C[C@@H]1C[C@]1(NC(=O)[C@@H]1C[C@@H]2CN1C(=O)[C@H]([C@@H](C)CC)Nc1nc(cs1)CC/C=C/c1ccc3ccnc(c3c1)O2)C(=O)NS(=O)(=O)C1CC1. The van der Waals surface area contributed by atoms with E-state index in [1.54, 1.807) is 12.3 Å². The lowest BCUT2D eigenvalue weighted by atomic mass is 9.97. The van der Waals surface area contributed by atoms with Crippen molar-refractivity contribution in [3.63, 3.8) is 0 Å². The number of allylic oxidation sites excluding steroid dienone is 1. The fourth-order valence-electron chi connectivity index (χ4n) is 6.84. The summed E-state index contributed by atoms with van der Waals surface area (Å²) in [6, 6.07) is 6.28. The summed E-state index contributed by atoms with van der Waals surface area (Å²) < 4.78 is 34.1. The van der Waals surface area contributed by atoms with Crippen LogP contribution in [0.15, 0.2) is 54.6 Å². The van der Waals surface area contributed by atoms with Crippen LogP contribution < -0.4 is 20.1 Å². The second-order valence-electron chi connectivity index (χ2n) is 13.9. The van der Waals surface area contributed by atoms with Crippen molar-refractivity contribution >= 4 is 61.1 Å². The number of nitrogens with one attached hydrogen (secondary N) is 3. The molecule has 1 aromatic carbocycles. The molecule has 6 bridgehead atoms. The number of amides is 3. The normalized spacial score (nSPS) is 27.7. The molecule has 264 valence electrons.